The summed E-state index contributed by atoms with van der Waals surface area (Å²) in [5.74, 6) is 1.66. The van der Waals surface area contributed by atoms with Crippen LogP contribution >= 0.6 is 0 Å². The molecule has 0 unspecified atom stereocenters. The second kappa shape index (κ2) is 7.52. The molecule has 1 aliphatic rings. The Balaban J connectivity index is 1.61. The highest BCUT2D eigenvalue weighted by Gasteiger charge is 2.33. The monoisotopic (exact) mass is 323 g/mol. The van der Waals surface area contributed by atoms with Crippen LogP contribution in [0.1, 0.15) is 49.8 Å². The highest BCUT2D eigenvalue weighted by molar-refractivity contribution is 5.78. The molecule has 0 aliphatic heterocycles. The Labute approximate surface area is 144 Å². The maximum atomic E-state index is 12.4. The highest BCUT2D eigenvalue weighted by atomic mass is 16.5. The van der Waals surface area contributed by atoms with Crippen molar-refractivity contribution in [1.29, 1.82) is 0 Å². The lowest BCUT2D eigenvalue weighted by molar-refractivity contribution is -0.124. The van der Waals surface area contributed by atoms with E-state index in [1.165, 1.54) is 18.4 Å². The van der Waals surface area contributed by atoms with Crippen molar-refractivity contribution in [2.45, 2.75) is 38.6 Å². The summed E-state index contributed by atoms with van der Waals surface area (Å²) in [6.07, 6.45) is 2.35. The van der Waals surface area contributed by atoms with Crippen LogP contribution in [0.5, 0.6) is 5.75 Å². The van der Waals surface area contributed by atoms with Crippen LogP contribution in [-0.2, 0) is 4.79 Å². The lowest BCUT2D eigenvalue weighted by atomic mass is 10.0. The van der Waals surface area contributed by atoms with Gasteiger partial charge in [0, 0.05) is 0 Å². The first kappa shape index (κ1) is 16.6. The molecule has 0 heterocycles. The molecule has 1 atom stereocenters. The number of benzene rings is 2. The van der Waals surface area contributed by atoms with Crippen LogP contribution < -0.4 is 10.1 Å². The summed E-state index contributed by atoms with van der Waals surface area (Å²) >= 11 is 0. The van der Waals surface area contributed by atoms with Gasteiger partial charge in [-0.05, 0) is 41.9 Å². The molecule has 1 fully saturated rings. The first-order chi connectivity index (χ1) is 11.6. The van der Waals surface area contributed by atoms with Gasteiger partial charge in [-0.15, -0.1) is 0 Å². The molecule has 0 aromatic heterocycles. The zero-order valence-corrected chi connectivity index (χ0v) is 14.4. The summed E-state index contributed by atoms with van der Waals surface area (Å²) in [7, 11) is 0. The minimum Gasteiger partial charge on any atom is -0.483 e. The third kappa shape index (κ3) is 4.16. The van der Waals surface area contributed by atoms with Gasteiger partial charge >= 0.3 is 0 Å². The van der Waals surface area contributed by atoms with Crippen LogP contribution in [0.15, 0.2) is 54.6 Å². The SMILES string of the molecule is CC(C)c1ccccc1OCC(=O)N[C@H](c1ccccc1)C1CC1. The van der Waals surface area contributed by atoms with Crippen molar-refractivity contribution in [2.75, 3.05) is 6.61 Å². The Bertz CT molecular complexity index is 677. The van der Waals surface area contributed by atoms with Crippen molar-refractivity contribution in [3.05, 3.63) is 65.7 Å². The number of amides is 1. The molecule has 0 saturated heterocycles. The van der Waals surface area contributed by atoms with E-state index in [1.807, 2.05) is 36.4 Å². The normalized spacial score (nSPS) is 15.1. The number of carbonyl (C=O) groups is 1. The lowest BCUT2D eigenvalue weighted by Crippen LogP contribution is -2.33. The fourth-order valence-electron chi connectivity index (χ4n) is 3.01. The summed E-state index contributed by atoms with van der Waals surface area (Å²) in [6, 6.07) is 18.2. The summed E-state index contributed by atoms with van der Waals surface area (Å²) in [4.78, 5) is 12.4. The largest absolute Gasteiger partial charge is 0.483 e. The zero-order chi connectivity index (χ0) is 16.9. The molecule has 0 bridgehead atoms. The van der Waals surface area contributed by atoms with E-state index in [2.05, 4.69) is 37.4 Å². The Kier molecular flexibility index (Phi) is 5.19. The quantitative estimate of drug-likeness (QED) is 0.817. The molecule has 2 aromatic carbocycles. The van der Waals surface area contributed by atoms with E-state index >= 15 is 0 Å². The summed E-state index contributed by atoms with van der Waals surface area (Å²) in [5, 5.41) is 3.15. The molecule has 1 amide bonds. The smallest absolute Gasteiger partial charge is 0.258 e. The minimum absolute atomic E-state index is 0.0553. The predicted molar refractivity (Wildman–Crippen MR) is 96.1 cm³/mol. The number of rotatable bonds is 7. The number of ether oxygens (including phenoxy) is 1. The average molecular weight is 323 g/mol. The standard InChI is InChI=1S/C21H25NO2/c1-15(2)18-10-6-7-11-19(18)24-14-20(23)22-21(17-12-13-17)16-8-4-3-5-9-16/h3-11,15,17,21H,12-14H2,1-2H3,(H,22,23)/t21-/m1/s1. The van der Waals surface area contributed by atoms with Gasteiger partial charge in [-0.3, -0.25) is 4.79 Å². The molecule has 3 nitrogen and oxygen atoms in total. The number of hydrogen-bond donors (Lipinski definition) is 1. The second-order valence-corrected chi connectivity index (χ2v) is 6.77. The van der Waals surface area contributed by atoms with E-state index in [0.29, 0.717) is 11.8 Å². The van der Waals surface area contributed by atoms with Gasteiger partial charge in [0.1, 0.15) is 5.75 Å². The molecular weight excluding hydrogens is 298 g/mol. The molecule has 3 rings (SSSR count). The van der Waals surface area contributed by atoms with Crippen LogP contribution in [0.4, 0.5) is 0 Å². The van der Waals surface area contributed by atoms with Gasteiger partial charge in [-0.1, -0.05) is 62.4 Å². The van der Waals surface area contributed by atoms with Gasteiger partial charge < -0.3 is 10.1 Å². The van der Waals surface area contributed by atoms with E-state index in [4.69, 9.17) is 4.74 Å². The highest BCUT2D eigenvalue weighted by Crippen LogP contribution is 2.40. The first-order valence-corrected chi connectivity index (χ1v) is 8.71. The number of nitrogens with one attached hydrogen (secondary N) is 1. The maximum absolute atomic E-state index is 12.4. The van der Waals surface area contributed by atoms with Crippen LogP contribution in [0.2, 0.25) is 0 Å². The first-order valence-electron chi connectivity index (χ1n) is 8.71. The minimum atomic E-state index is -0.0608. The molecule has 2 aromatic rings. The number of carbonyl (C=O) groups excluding carboxylic acids is 1. The van der Waals surface area contributed by atoms with Crippen LogP contribution in [0.3, 0.4) is 0 Å². The Morgan fingerprint density at radius 3 is 2.42 bits per heavy atom. The van der Waals surface area contributed by atoms with E-state index in [0.717, 1.165) is 11.3 Å². The molecule has 0 radical (unpaired) electrons. The Hall–Kier alpha value is -2.29. The molecule has 126 valence electrons. The van der Waals surface area contributed by atoms with Crippen molar-refractivity contribution >= 4 is 5.91 Å². The third-order valence-corrected chi connectivity index (χ3v) is 4.47. The molecule has 24 heavy (non-hydrogen) atoms. The summed E-state index contributed by atoms with van der Waals surface area (Å²) in [5.41, 5.74) is 2.31. The number of hydrogen-bond acceptors (Lipinski definition) is 2. The maximum Gasteiger partial charge on any atom is 0.258 e. The van der Waals surface area contributed by atoms with Crippen molar-refractivity contribution in [1.82, 2.24) is 5.32 Å². The van der Waals surface area contributed by atoms with Gasteiger partial charge in [0.2, 0.25) is 0 Å². The Morgan fingerprint density at radius 2 is 1.75 bits per heavy atom. The average Bonchev–Trinajstić information content (AvgIpc) is 3.43. The van der Waals surface area contributed by atoms with Crippen molar-refractivity contribution in [3.8, 4) is 5.75 Å². The third-order valence-electron chi connectivity index (χ3n) is 4.47. The topological polar surface area (TPSA) is 38.3 Å². The van der Waals surface area contributed by atoms with E-state index in [1.54, 1.807) is 0 Å². The Morgan fingerprint density at radius 1 is 1.08 bits per heavy atom. The molecule has 1 saturated carbocycles. The van der Waals surface area contributed by atoms with Gasteiger partial charge in [0.25, 0.3) is 5.91 Å². The fourth-order valence-corrected chi connectivity index (χ4v) is 3.01. The number of para-hydroxylation sites is 1. The molecule has 1 N–H and O–H groups in total. The molecule has 3 heteroatoms. The van der Waals surface area contributed by atoms with Crippen LogP contribution in [-0.4, -0.2) is 12.5 Å². The van der Waals surface area contributed by atoms with E-state index < -0.39 is 0 Å². The van der Waals surface area contributed by atoms with Crippen LogP contribution in [0.25, 0.3) is 0 Å². The fraction of sp³-hybridized carbons (Fsp3) is 0.381. The lowest BCUT2D eigenvalue weighted by Gasteiger charge is -2.19. The van der Waals surface area contributed by atoms with Crippen molar-refractivity contribution in [2.24, 2.45) is 5.92 Å². The summed E-state index contributed by atoms with van der Waals surface area (Å²) in [6.45, 7) is 4.31. The predicted octanol–water partition coefficient (Wildman–Crippen LogP) is 4.46. The van der Waals surface area contributed by atoms with Crippen LogP contribution in [0, 0.1) is 5.92 Å². The summed E-state index contributed by atoms with van der Waals surface area (Å²) < 4.78 is 5.79. The van der Waals surface area contributed by atoms with E-state index in [9.17, 15) is 4.79 Å². The van der Waals surface area contributed by atoms with Gasteiger partial charge in [0.05, 0.1) is 6.04 Å². The molecule has 1 aliphatic carbocycles. The molecular formula is C21H25NO2. The van der Waals surface area contributed by atoms with E-state index in [-0.39, 0.29) is 18.6 Å². The second-order valence-electron chi connectivity index (χ2n) is 6.77. The van der Waals surface area contributed by atoms with Crippen molar-refractivity contribution < 1.29 is 9.53 Å². The molecule has 0 spiro atoms. The zero-order valence-electron chi connectivity index (χ0n) is 14.4. The van der Waals surface area contributed by atoms with Gasteiger partial charge in [0.15, 0.2) is 6.61 Å². The van der Waals surface area contributed by atoms with Crippen molar-refractivity contribution in [3.63, 3.8) is 0 Å². The van der Waals surface area contributed by atoms with Gasteiger partial charge in [-0.25, -0.2) is 0 Å². The van der Waals surface area contributed by atoms with Gasteiger partial charge in [-0.2, -0.15) is 0 Å².